The molecule has 0 radical (unpaired) electrons. The highest BCUT2D eigenvalue weighted by Gasteiger charge is 2.26. The second-order valence-electron chi connectivity index (χ2n) is 5.80. The average Bonchev–Trinajstić information content (AvgIpc) is 3.00. The summed E-state index contributed by atoms with van der Waals surface area (Å²) in [5.41, 5.74) is 1.89. The largest absolute Gasteiger partial charge is 0.282 e. The average molecular weight is 409 g/mol. The van der Waals surface area contributed by atoms with Gasteiger partial charge in [0.1, 0.15) is 0 Å². The van der Waals surface area contributed by atoms with Crippen LogP contribution in [0.1, 0.15) is 11.6 Å². The van der Waals surface area contributed by atoms with Gasteiger partial charge < -0.3 is 0 Å². The Hall–Kier alpha value is -1.14. The lowest BCUT2D eigenvalue weighted by molar-refractivity contribution is 0.558. The molecule has 7 heteroatoms. The summed E-state index contributed by atoms with van der Waals surface area (Å²) >= 11 is 15.6. The number of para-hydroxylation sites is 1. The van der Waals surface area contributed by atoms with Crippen molar-refractivity contribution in [2.75, 3.05) is 11.5 Å². The molecule has 4 rings (SSSR count). The number of aromatic nitrogens is 2. The molecule has 1 aliphatic rings. The lowest BCUT2D eigenvalue weighted by atomic mass is 10.2. The van der Waals surface area contributed by atoms with Gasteiger partial charge in [-0.15, -0.1) is 0 Å². The minimum atomic E-state index is 0.0562. The van der Waals surface area contributed by atoms with Gasteiger partial charge >= 0.3 is 0 Å². The van der Waals surface area contributed by atoms with Crippen LogP contribution in [0.25, 0.3) is 10.9 Å². The fraction of sp³-hybridized carbons (Fsp3) is 0.222. The molecule has 0 N–H and O–H groups in total. The number of hydrogen-bond donors (Lipinski definition) is 0. The fourth-order valence-corrected chi connectivity index (χ4v) is 5.84. The Morgan fingerprint density at radius 2 is 2.08 bits per heavy atom. The van der Waals surface area contributed by atoms with E-state index in [1.807, 2.05) is 41.0 Å². The SMILES string of the molecule is O=c1c2ccccc2nc2n1[C@H](CSCc1ccc(Cl)cc1Cl)CS2. The first kappa shape index (κ1) is 17.3. The predicted octanol–water partition coefficient (Wildman–Crippen LogP) is 5.28. The third-order valence-electron chi connectivity index (χ3n) is 4.13. The van der Waals surface area contributed by atoms with Crippen LogP contribution in [-0.2, 0) is 5.75 Å². The summed E-state index contributed by atoms with van der Waals surface area (Å²) in [7, 11) is 0. The molecule has 3 nitrogen and oxygen atoms in total. The zero-order valence-corrected chi connectivity index (χ0v) is 16.3. The second kappa shape index (κ2) is 7.23. The van der Waals surface area contributed by atoms with Crippen molar-refractivity contribution in [2.45, 2.75) is 17.0 Å². The summed E-state index contributed by atoms with van der Waals surface area (Å²) in [5.74, 6) is 2.51. The molecule has 3 aromatic rings. The fourth-order valence-electron chi connectivity index (χ4n) is 2.86. The number of benzene rings is 2. The van der Waals surface area contributed by atoms with Crippen LogP contribution in [0, 0.1) is 0 Å². The van der Waals surface area contributed by atoms with E-state index in [0.29, 0.717) is 15.4 Å². The second-order valence-corrected chi connectivity index (χ2v) is 8.66. The van der Waals surface area contributed by atoms with Gasteiger partial charge in [0.25, 0.3) is 5.56 Å². The monoisotopic (exact) mass is 408 g/mol. The van der Waals surface area contributed by atoms with Gasteiger partial charge in [0.15, 0.2) is 5.16 Å². The van der Waals surface area contributed by atoms with Crippen LogP contribution in [0.4, 0.5) is 0 Å². The Labute approximate surface area is 163 Å². The Morgan fingerprint density at radius 1 is 1.24 bits per heavy atom. The van der Waals surface area contributed by atoms with Crippen molar-refractivity contribution in [3.05, 3.63) is 68.4 Å². The molecular formula is C18H14Cl2N2OS2. The Bertz CT molecular complexity index is 1010. The highest BCUT2D eigenvalue weighted by Crippen LogP contribution is 2.34. The molecule has 0 amide bonds. The third kappa shape index (κ3) is 3.43. The number of nitrogens with zero attached hydrogens (tertiary/aromatic N) is 2. The van der Waals surface area contributed by atoms with E-state index in [9.17, 15) is 4.79 Å². The smallest absolute Gasteiger partial charge is 0.262 e. The number of rotatable bonds is 4. The standard InChI is InChI=1S/C18H14Cl2N2OS2/c19-12-6-5-11(15(20)7-12)8-24-9-13-10-25-18-21-16-4-2-1-3-14(16)17(23)22(13)18/h1-7,13H,8-10H2/t13-/m1/s1. The van der Waals surface area contributed by atoms with Gasteiger partial charge in [-0.1, -0.05) is 53.2 Å². The maximum Gasteiger partial charge on any atom is 0.262 e. The summed E-state index contributed by atoms with van der Waals surface area (Å²) in [6.07, 6.45) is 0. The van der Waals surface area contributed by atoms with E-state index in [1.54, 1.807) is 29.6 Å². The van der Waals surface area contributed by atoms with Gasteiger partial charge in [-0.3, -0.25) is 9.36 Å². The minimum Gasteiger partial charge on any atom is -0.282 e. The molecule has 0 saturated heterocycles. The van der Waals surface area contributed by atoms with Crippen LogP contribution in [0.15, 0.2) is 52.4 Å². The van der Waals surface area contributed by atoms with Crippen LogP contribution >= 0.6 is 46.7 Å². The van der Waals surface area contributed by atoms with Gasteiger partial charge in [0, 0.05) is 27.3 Å². The molecule has 1 atom stereocenters. The van der Waals surface area contributed by atoms with E-state index in [1.165, 1.54) is 0 Å². The van der Waals surface area contributed by atoms with E-state index in [4.69, 9.17) is 23.2 Å². The summed E-state index contributed by atoms with van der Waals surface area (Å²) in [4.78, 5) is 17.5. The Balaban J connectivity index is 1.53. The number of hydrogen-bond acceptors (Lipinski definition) is 4. The first-order chi connectivity index (χ1) is 12.1. The Kier molecular flexibility index (Phi) is 5.00. The summed E-state index contributed by atoms with van der Waals surface area (Å²) in [6, 6.07) is 13.3. The lowest BCUT2D eigenvalue weighted by Crippen LogP contribution is -2.26. The molecule has 0 spiro atoms. The molecule has 2 heterocycles. The van der Waals surface area contributed by atoms with Gasteiger partial charge in [-0.25, -0.2) is 4.98 Å². The van der Waals surface area contributed by atoms with Crippen molar-refractivity contribution < 1.29 is 0 Å². The van der Waals surface area contributed by atoms with Crippen molar-refractivity contribution in [2.24, 2.45) is 0 Å². The van der Waals surface area contributed by atoms with Crippen molar-refractivity contribution in [1.82, 2.24) is 9.55 Å². The van der Waals surface area contributed by atoms with E-state index >= 15 is 0 Å². The molecule has 0 bridgehead atoms. The third-order valence-corrected chi connectivity index (χ3v) is 6.95. The van der Waals surface area contributed by atoms with E-state index in [0.717, 1.165) is 33.5 Å². The van der Waals surface area contributed by atoms with Gasteiger partial charge in [0.2, 0.25) is 0 Å². The highest BCUT2D eigenvalue weighted by molar-refractivity contribution is 8.00. The van der Waals surface area contributed by atoms with Gasteiger partial charge in [-0.2, -0.15) is 11.8 Å². The van der Waals surface area contributed by atoms with E-state index in [-0.39, 0.29) is 11.6 Å². The summed E-state index contributed by atoms with van der Waals surface area (Å²) in [6.45, 7) is 0. The molecule has 0 fully saturated rings. The van der Waals surface area contributed by atoms with Crippen molar-refractivity contribution >= 4 is 57.6 Å². The maximum atomic E-state index is 12.8. The zero-order valence-electron chi connectivity index (χ0n) is 13.1. The molecule has 1 aliphatic heterocycles. The number of fused-ring (bicyclic) bond motifs is 2. The lowest BCUT2D eigenvalue weighted by Gasteiger charge is -2.14. The molecular weight excluding hydrogens is 395 g/mol. The van der Waals surface area contributed by atoms with Crippen molar-refractivity contribution in [3.63, 3.8) is 0 Å². The molecule has 2 aromatic carbocycles. The molecule has 0 aliphatic carbocycles. The summed E-state index contributed by atoms with van der Waals surface area (Å²) < 4.78 is 1.85. The quantitative estimate of drug-likeness (QED) is 0.549. The van der Waals surface area contributed by atoms with E-state index in [2.05, 4.69) is 4.98 Å². The number of thioether (sulfide) groups is 2. The zero-order chi connectivity index (χ0) is 17.4. The van der Waals surface area contributed by atoms with Gasteiger partial charge in [-0.05, 0) is 29.8 Å². The highest BCUT2D eigenvalue weighted by atomic mass is 35.5. The first-order valence-electron chi connectivity index (χ1n) is 7.79. The number of halogens is 2. The maximum absolute atomic E-state index is 12.8. The normalized spacial score (nSPS) is 16.3. The topological polar surface area (TPSA) is 34.9 Å². The van der Waals surface area contributed by atoms with E-state index < -0.39 is 0 Å². The minimum absolute atomic E-state index is 0.0562. The first-order valence-corrected chi connectivity index (χ1v) is 10.7. The van der Waals surface area contributed by atoms with Crippen molar-refractivity contribution in [3.8, 4) is 0 Å². The summed E-state index contributed by atoms with van der Waals surface area (Å²) in [5, 5.41) is 2.83. The molecule has 128 valence electrons. The van der Waals surface area contributed by atoms with Crippen LogP contribution < -0.4 is 5.56 Å². The van der Waals surface area contributed by atoms with Crippen LogP contribution in [0.2, 0.25) is 10.0 Å². The van der Waals surface area contributed by atoms with Crippen LogP contribution in [-0.4, -0.2) is 21.1 Å². The predicted molar refractivity (Wildman–Crippen MR) is 108 cm³/mol. The molecule has 1 aromatic heterocycles. The van der Waals surface area contributed by atoms with Crippen molar-refractivity contribution in [1.29, 1.82) is 0 Å². The Morgan fingerprint density at radius 3 is 2.92 bits per heavy atom. The van der Waals surface area contributed by atoms with Gasteiger partial charge in [0.05, 0.1) is 16.9 Å². The van der Waals surface area contributed by atoms with Crippen LogP contribution in [0.5, 0.6) is 0 Å². The molecule has 25 heavy (non-hydrogen) atoms. The molecule has 0 saturated carbocycles. The molecule has 0 unspecified atom stereocenters. The van der Waals surface area contributed by atoms with Crippen LogP contribution in [0.3, 0.4) is 0 Å².